The van der Waals surface area contributed by atoms with E-state index in [0.717, 1.165) is 10.0 Å². The molecule has 3 N–H and O–H groups in total. The fraction of sp³-hybridized carbons (Fsp3) is 0.300. The van der Waals surface area contributed by atoms with Gasteiger partial charge in [0.05, 0.1) is 13.2 Å². The molecule has 0 radical (unpaired) electrons. The molecule has 0 aliphatic rings. The molecule has 1 aromatic rings. The number of hydrogen-bond donors (Lipinski definition) is 2. The second-order valence-electron chi connectivity index (χ2n) is 2.99. The first-order chi connectivity index (χ1) is 7.24. The maximum Gasteiger partial charge on any atom is 0.141 e. The second kappa shape index (κ2) is 6.42. The molecule has 1 aromatic carbocycles. The highest BCUT2D eigenvalue weighted by molar-refractivity contribution is 9.10. The SMILES string of the molecule is N/C(CCOCc1ccccc1Br)=N/O. The summed E-state index contributed by atoms with van der Waals surface area (Å²) in [4.78, 5) is 0. The minimum Gasteiger partial charge on any atom is -0.409 e. The van der Waals surface area contributed by atoms with Gasteiger partial charge in [0.2, 0.25) is 0 Å². The van der Waals surface area contributed by atoms with E-state index < -0.39 is 0 Å². The van der Waals surface area contributed by atoms with Crippen LogP contribution < -0.4 is 5.73 Å². The predicted molar refractivity (Wildman–Crippen MR) is 61.8 cm³/mol. The Morgan fingerprint density at radius 3 is 2.87 bits per heavy atom. The van der Waals surface area contributed by atoms with Crippen molar-refractivity contribution in [3.05, 3.63) is 34.3 Å². The Morgan fingerprint density at radius 2 is 2.20 bits per heavy atom. The van der Waals surface area contributed by atoms with Crippen LogP contribution in [0.15, 0.2) is 33.9 Å². The highest BCUT2D eigenvalue weighted by atomic mass is 79.9. The van der Waals surface area contributed by atoms with Crippen molar-refractivity contribution in [3.8, 4) is 0 Å². The van der Waals surface area contributed by atoms with Crippen LogP contribution in [0.5, 0.6) is 0 Å². The zero-order valence-corrected chi connectivity index (χ0v) is 9.77. The Hall–Kier alpha value is -1.07. The van der Waals surface area contributed by atoms with Gasteiger partial charge < -0.3 is 15.7 Å². The standard InChI is InChI=1S/C10H13BrN2O2/c11-9-4-2-1-3-8(9)7-15-6-5-10(12)13-14/h1-4,14H,5-7H2,(H2,12,13). The van der Waals surface area contributed by atoms with Crippen LogP contribution in [0.25, 0.3) is 0 Å². The molecule has 82 valence electrons. The molecule has 0 aliphatic heterocycles. The molecular formula is C10H13BrN2O2. The Balaban J connectivity index is 2.29. The highest BCUT2D eigenvalue weighted by Crippen LogP contribution is 2.16. The zero-order valence-electron chi connectivity index (χ0n) is 8.19. The highest BCUT2D eigenvalue weighted by Gasteiger charge is 1.99. The second-order valence-corrected chi connectivity index (χ2v) is 3.84. The van der Waals surface area contributed by atoms with E-state index in [2.05, 4.69) is 21.1 Å². The van der Waals surface area contributed by atoms with Gasteiger partial charge in [-0.05, 0) is 11.6 Å². The van der Waals surface area contributed by atoms with E-state index in [1.54, 1.807) is 0 Å². The summed E-state index contributed by atoms with van der Waals surface area (Å²) in [6.45, 7) is 0.956. The van der Waals surface area contributed by atoms with Crippen LogP contribution in [0.1, 0.15) is 12.0 Å². The minimum atomic E-state index is 0.183. The van der Waals surface area contributed by atoms with Crippen LogP contribution >= 0.6 is 15.9 Å². The van der Waals surface area contributed by atoms with Gasteiger partial charge in [0, 0.05) is 10.9 Å². The molecule has 0 bridgehead atoms. The van der Waals surface area contributed by atoms with Gasteiger partial charge in [-0.3, -0.25) is 0 Å². The lowest BCUT2D eigenvalue weighted by molar-refractivity contribution is 0.126. The van der Waals surface area contributed by atoms with E-state index in [-0.39, 0.29) is 5.84 Å². The van der Waals surface area contributed by atoms with Crippen molar-refractivity contribution in [1.82, 2.24) is 0 Å². The number of hydrogen-bond acceptors (Lipinski definition) is 3. The van der Waals surface area contributed by atoms with Gasteiger partial charge in [-0.1, -0.05) is 39.3 Å². The van der Waals surface area contributed by atoms with Crippen LogP contribution in [-0.4, -0.2) is 17.6 Å². The van der Waals surface area contributed by atoms with Crippen molar-refractivity contribution in [2.24, 2.45) is 10.9 Å². The number of oxime groups is 1. The Labute approximate surface area is 96.9 Å². The van der Waals surface area contributed by atoms with Crippen molar-refractivity contribution in [2.45, 2.75) is 13.0 Å². The van der Waals surface area contributed by atoms with E-state index >= 15 is 0 Å². The average molecular weight is 273 g/mol. The lowest BCUT2D eigenvalue weighted by Gasteiger charge is -2.05. The quantitative estimate of drug-likeness (QED) is 0.284. The van der Waals surface area contributed by atoms with Gasteiger partial charge in [-0.25, -0.2) is 0 Å². The van der Waals surface area contributed by atoms with E-state index in [1.807, 2.05) is 24.3 Å². The summed E-state index contributed by atoms with van der Waals surface area (Å²) >= 11 is 3.42. The molecule has 15 heavy (non-hydrogen) atoms. The summed E-state index contributed by atoms with van der Waals surface area (Å²) in [5, 5.41) is 11.2. The van der Waals surface area contributed by atoms with Crippen molar-refractivity contribution in [2.75, 3.05) is 6.61 Å². The van der Waals surface area contributed by atoms with Gasteiger partial charge in [0.15, 0.2) is 0 Å². The average Bonchev–Trinajstić information content (AvgIpc) is 2.26. The third-order valence-electron chi connectivity index (χ3n) is 1.85. The van der Waals surface area contributed by atoms with Gasteiger partial charge >= 0.3 is 0 Å². The van der Waals surface area contributed by atoms with Crippen molar-refractivity contribution in [1.29, 1.82) is 0 Å². The molecule has 0 saturated carbocycles. The van der Waals surface area contributed by atoms with Crippen LogP contribution in [0.2, 0.25) is 0 Å². The topological polar surface area (TPSA) is 67.8 Å². The van der Waals surface area contributed by atoms with E-state index in [4.69, 9.17) is 15.7 Å². The first kappa shape index (κ1) is 12.0. The van der Waals surface area contributed by atoms with Crippen molar-refractivity contribution >= 4 is 21.8 Å². The lowest BCUT2D eigenvalue weighted by Crippen LogP contribution is -2.14. The van der Waals surface area contributed by atoms with Gasteiger partial charge in [-0.15, -0.1) is 0 Å². The number of ether oxygens (including phenoxy) is 1. The summed E-state index contributed by atoms with van der Waals surface area (Å²) in [5.74, 6) is 0.183. The summed E-state index contributed by atoms with van der Waals surface area (Å²) in [6, 6.07) is 7.84. The minimum absolute atomic E-state index is 0.183. The number of halogens is 1. The number of benzene rings is 1. The van der Waals surface area contributed by atoms with Gasteiger partial charge in [0.25, 0.3) is 0 Å². The monoisotopic (exact) mass is 272 g/mol. The first-order valence-corrected chi connectivity index (χ1v) is 5.31. The van der Waals surface area contributed by atoms with Gasteiger partial charge in [-0.2, -0.15) is 0 Å². The summed E-state index contributed by atoms with van der Waals surface area (Å²) in [5.41, 5.74) is 6.37. The molecule has 0 amide bonds. The molecule has 0 unspecified atom stereocenters. The number of amidine groups is 1. The number of nitrogens with two attached hydrogens (primary N) is 1. The maximum absolute atomic E-state index is 8.30. The molecule has 0 atom stereocenters. The van der Waals surface area contributed by atoms with Crippen molar-refractivity contribution in [3.63, 3.8) is 0 Å². The largest absolute Gasteiger partial charge is 0.409 e. The molecular weight excluding hydrogens is 260 g/mol. The molecule has 0 aliphatic carbocycles. The summed E-state index contributed by atoms with van der Waals surface area (Å²) < 4.78 is 6.39. The molecule has 0 saturated heterocycles. The molecule has 0 aromatic heterocycles. The maximum atomic E-state index is 8.30. The van der Waals surface area contributed by atoms with Crippen molar-refractivity contribution < 1.29 is 9.94 Å². The van der Waals surface area contributed by atoms with E-state index in [1.165, 1.54) is 0 Å². The van der Waals surface area contributed by atoms with Crippen LogP contribution in [0, 0.1) is 0 Å². The van der Waals surface area contributed by atoms with E-state index in [0.29, 0.717) is 19.6 Å². The normalized spacial score (nSPS) is 11.7. The molecule has 4 nitrogen and oxygen atoms in total. The molecule has 5 heteroatoms. The first-order valence-electron chi connectivity index (χ1n) is 4.51. The Morgan fingerprint density at radius 1 is 1.47 bits per heavy atom. The van der Waals surface area contributed by atoms with Gasteiger partial charge in [0.1, 0.15) is 5.84 Å². The number of nitrogens with zero attached hydrogens (tertiary/aromatic N) is 1. The fourth-order valence-electron chi connectivity index (χ4n) is 1.02. The fourth-order valence-corrected chi connectivity index (χ4v) is 1.42. The third-order valence-corrected chi connectivity index (χ3v) is 2.62. The summed E-state index contributed by atoms with van der Waals surface area (Å²) in [7, 11) is 0. The van der Waals surface area contributed by atoms with Crippen LogP contribution in [0.4, 0.5) is 0 Å². The van der Waals surface area contributed by atoms with E-state index in [9.17, 15) is 0 Å². The Kier molecular flexibility index (Phi) is 5.14. The predicted octanol–water partition coefficient (Wildman–Crippen LogP) is 2.10. The molecule has 0 spiro atoms. The number of rotatable bonds is 5. The summed E-state index contributed by atoms with van der Waals surface area (Å²) in [6.07, 6.45) is 0.432. The van der Waals surface area contributed by atoms with Crippen LogP contribution in [-0.2, 0) is 11.3 Å². The smallest absolute Gasteiger partial charge is 0.141 e. The lowest BCUT2D eigenvalue weighted by atomic mass is 10.2. The molecule has 0 heterocycles. The molecule has 0 fully saturated rings. The Bertz CT molecular complexity index is 342. The third kappa shape index (κ3) is 4.31. The molecule has 1 rings (SSSR count). The zero-order chi connectivity index (χ0) is 11.1. The van der Waals surface area contributed by atoms with Crippen LogP contribution in [0.3, 0.4) is 0 Å².